The van der Waals surface area contributed by atoms with Crippen LogP contribution in [0.4, 0.5) is 0 Å². The molecule has 0 saturated heterocycles. The molecule has 0 aliphatic rings. The van der Waals surface area contributed by atoms with Crippen molar-refractivity contribution in [1.82, 2.24) is 25.1 Å². The zero-order valence-corrected chi connectivity index (χ0v) is 11.2. The van der Waals surface area contributed by atoms with Gasteiger partial charge in [-0.25, -0.2) is 9.67 Å². The summed E-state index contributed by atoms with van der Waals surface area (Å²) in [7, 11) is 0. The lowest BCUT2D eigenvalue weighted by Gasteiger charge is -2.07. The maximum atomic E-state index is 5.80. The van der Waals surface area contributed by atoms with Crippen molar-refractivity contribution in [2.75, 3.05) is 6.54 Å². The van der Waals surface area contributed by atoms with Crippen LogP contribution in [0.15, 0.2) is 24.8 Å². The van der Waals surface area contributed by atoms with Gasteiger partial charge in [0.25, 0.3) is 0 Å². The van der Waals surface area contributed by atoms with E-state index in [4.69, 9.17) is 11.6 Å². The topological polar surface area (TPSA) is 55.6 Å². The second kappa shape index (κ2) is 5.93. The van der Waals surface area contributed by atoms with Crippen molar-refractivity contribution in [1.29, 1.82) is 0 Å². The van der Waals surface area contributed by atoms with Gasteiger partial charge in [-0.2, -0.15) is 5.10 Å². The van der Waals surface area contributed by atoms with Crippen molar-refractivity contribution in [2.24, 2.45) is 5.92 Å². The highest BCUT2D eigenvalue weighted by Crippen LogP contribution is 2.08. The second-order valence-electron chi connectivity index (χ2n) is 4.49. The first kappa shape index (κ1) is 13.0. The number of nitrogens with zero attached hydrogens (tertiary/aromatic N) is 4. The lowest BCUT2D eigenvalue weighted by molar-refractivity contribution is 0.547. The fourth-order valence-corrected chi connectivity index (χ4v) is 1.61. The highest BCUT2D eigenvalue weighted by Gasteiger charge is 2.02. The predicted molar refractivity (Wildman–Crippen MR) is 70.7 cm³/mol. The monoisotopic (exact) mass is 265 g/mol. The average Bonchev–Trinajstić information content (AvgIpc) is 2.76. The Morgan fingerprint density at radius 2 is 2.11 bits per heavy atom. The Morgan fingerprint density at radius 3 is 2.67 bits per heavy atom. The van der Waals surface area contributed by atoms with E-state index in [0.717, 1.165) is 18.8 Å². The van der Waals surface area contributed by atoms with Crippen LogP contribution < -0.4 is 5.32 Å². The van der Waals surface area contributed by atoms with Gasteiger partial charge in [-0.15, -0.1) is 0 Å². The molecule has 0 aliphatic carbocycles. The van der Waals surface area contributed by atoms with Crippen LogP contribution in [0.25, 0.3) is 5.82 Å². The van der Waals surface area contributed by atoms with Crippen LogP contribution >= 0.6 is 11.6 Å². The first-order valence-electron chi connectivity index (χ1n) is 5.87. The average molecular weight is 266 g/mol. The van der Waals surface area contributed by atoms with E-state index in [-0.39, 0.29) is 0 Å². The molecule has 0 bridgehead atoms. The quantitative estimate of drug-likeness (QED) is 0.899. The van der Waals surface area contributed by atoms with Crippen LogP contribution in [0, 0.1) is 5.92 Å². The van der Waals surface area contributed by atoms with Gasteiger partial charge in [-0.05, 0) is 12.5 Å². The molecule has 0 aromatic carbocycles. The molecule has 5 nitrogen and oxygen atoms in total. The van der Waals surface area contributed by atoms with Gasteiger partial charge in [0.1, 0.15) is 0 Å². The minimum absolute atomic E-state index is 0.583. The van der Waals surface area contributed by atoms with Gasteiger partial charge in [0.05, 0.1) is 35.5 Å². The van der Waals surface area contributed by atoms with Crippen LogP contribution in [0.5, 0.6) is 0 Å². The Bertz CT molecular complexity index is 491. The SMILES string of the molecule is CC(C)CNCc1cnc(-n2cc(Cl)cn2)cn1. The largest absolute Gasteiger partial charge is 0.311 e. The summed E-state index contributed by atoms with van der Waals surface area (Å²) in [6.45, 7) is 6.04. The number of hydrogen-bond acceptors (Lipinski definition) is 4. The molecule has 0 radical (unpaired) electrons. The first-order chi connectivity index (χ1) is 8.65. The summed E-state index contributed by atoms with van der Waals surface area (Å²) in [5.41, 5.74) is 0.914. The van der Waals surface area contributed by atoms with Gasteiger partial charge < -0.3 is 5.32 Å². The molecule has 2 aromatic rings. The molecule has 0 saturated carbocycles. The van der Waals surface area contributed by atoms with Gasteiger partial charge in [-0.3, -0.25) is 4.98 Å². The van der Waals surface area contributed by atoms with Crippen LogP contribution in [0.3, 0.4) is 0 Å². The first-order valence-corrected chi connectivity index (χ1v) is 6.25. The van der Waals surface area contributed by atoms with E-state index in [1.807, 2.05) is 0 Å². The van der Waals surface area contributed by atoms with Crippen molar-refractivity contribution in [3.63, 3.8) is 0 Å². The molecule has 0 aliphatic heterocycles. The highest BCUT2D eigenvalue weighted by molar-refractivity contribution is 6.30. The van der Waals surface area contributed by atoms with Crippen molar-refractivity contribution >= 4 is 11.6 Å². The predicted octanol–water partition coefficient (Wildman–Crippen LogP) is 2.06. The third kappa shape index (κ3) is 3.51. The summed E-state index contributed by atoms with van der Waals surface area (Å²) in [6, 6.07) is 0. The van der Waals surface area contributed by atoms with Crippen LogP contribution in [0.1, 0.15) is 19.5 Å². The van der Waals surface area contributed by atoms with E-state index in [9.17, 15) is 0 Å². The maximum absolute atomic E-state index is 5.80. The third-order valence-corrected chi connectivity index (χ3v) is 2.53. The summed E-state index contributed by atoms with van der Waals surface area (Å²) < 4.78 is 1.60. The molecular weight excluding hydrogens is 250 g/mol. The standard InChI is InChI=1S/C12H16ClN5/c1-9(2)3-14-5-11-6-16-12(7-15-11)18-8-10(13)4-17-18/h4,6-9,14H,3,5H2,1-2H3. The van der Waals surface area contributed by atoms with Crippen molar-refractivity contribution in [3.8, 4) is 5.82 Å². The second-order valence-corrected chi connectivity index (χ2v) is 4.93. The van der Waals surface area contributed by atoms with E-state index in [0.29, 0.717) is 16.8 Å². The number of rotatable bonds is 5. The number of aromatic nitrogens is 4. The fraction of sp³-hybridized carbons (Fsp3) is 0.417. The van der Waals surface area contributed by atoms with Gasteiger partial charge in [0.15, 0.2) is 5.82 Å². The molecule has 96 valence electrons. The number of nitrogens with one attached hydrogen (secondary N) is 1. The lowest BCUT2D eigenvalue weighted by Crippen LogP contribution is -2.19. The Kier molecular flexibility index (Phi) is 4.28. The lowest BCUT2D eigenvalue weighted by atomic mass is 10.2. The molecule has 2 heterocycles. The maximum Gasteiger partial charge on any atom is 0.171 e. The van der Waals surface area contributed by atoms with E-state index < -0.39 is 0 Å². The molecule has 0 spiro atoms. The van der Waals surface area contributed by atoms with Crippen molar-refractivity contribution in [2.45, 2.75) is 20.4 Å². The summed E-state index contributed by atoms with van der Waals surface area (Å²) in [5, 5.41) is 7.97. The normalized spacial score (nSPS) is 11.1. The molecule has 18 heavy (non-hydrogen) atoms. The van der Waals surface area contributed by atoms with Gasteiger partial charge in [0, 0.05) is 6.54 Å². The van der Waals surface area contributed by atoms with Gasteiger partial charge in [0.2, 0.25) is 0 Å². The fourth-order valence-electron chi connectivity index (χ4n) is 1.47. The molecule has 1 N–H and O–H groups in total. The van der Waals surface area contributed by atoms with Crippen LogP contribution in [-0.2, 0) is 6.54 Å². The zero-order chi connectivity index (χ0) is 13.0. The number of hydrogen-bond donors (Lipinski definition) is 1. The minimum Gasteiger partial charge on any atom is -0.311 e. The van der Waals surface area contributed by atoms with E-state index in [1.165, 1.54) is 0 Å². The van der Waals surface area contributed by atoms with Gasteiger partial charge >= 0.3 is 0 Å². The van der Waals surface area contributed by atoms with Crippen molar-refractivity contribution in [3.05, 3.63) is 35.5 Å². The molecular formula is C12H16ClN5. The molecule has 2 rings (SSSR count). The van der Waals surface area contributed by atoms with Crippen molar-refractivity contribution < 1.29 is 0 Å². The molecule has 0 unspecified atom stereocenters. The Morgan fingerprint density at radius 1 is 1.28 bits per heavy atom. The van der Waals surface area contributed by atoms with E-state index in [2.05, 4.69) is 34.2 Å². The zero-order valence-electron chi connectivity index (χ0n) is 10.5. The summed E-state index contributed by atoms with van der Waals surface area (Å²) in [6.07, 6.45) is 6.71. The smallest absolute Gasteiger partial charge is 0.171 e. The summed E-state index contributed by atoms with van der Waals surface area (Å²) in [4.78, 5) is 8.63. The van der Waals surface area contributed by atoms with Gasteiger partial charge in [-0.1, -0.05) is 25.4 Å². The van der Waals surface area contributed by atoms with Crippen LogP contribution in [-0.4, -0.2) is 26.3 Å². The van der Waals surface area contributed by atoms with E-state index in [1.54, 1.807) is 29.5 Å². The molecule has 0 fully saturated rings. The Labute approximate surface area is 111 Å². The Hall–Kier alpha value is -1.46. The summed E-state index contributed by atoms with van der Waals surface area (Å²) >= 11 is 5.80. The molecule has 0 atom stereocenters. The van der Waals surface area contributed by atoms with Crippen LogP contribution in [0.2, 0.25) is 5.02 Å². The minimum atomic E-state index is 0.583. The molecule has 6 heteroatoms. The number of halogens is 1. The molecule has 2 aromatic heterocycles. The Balaban J connectivity index is 1.97. The highest BCUT2D eigenvalue weighted by atomic mass is 35.5. The summed E-state index contributed by atoms with van der Waals surface area (Å²) in [5.74, 6) is 1.29. The third-order valence-electron chi connectivity index (χ3n) is 2.34. The molecule has 0 amide bonds. The van der Waals surface area contributed by atoms with E-state index >= 15 is 0 Å².